The highest BCUT2D eigenvalue weighted by molar-refractivity contribution is 7.47. The van der Waals surface area contributed by atoms with Crippen molar-refractivity contribution in [3.63, 3.8) is 0 Å². The number of aliphatic hydroxyl groups excluding tert-OH is 1. The Bertz CT molecular complexity index is 1440. The number of hydrogen-bond acceptors (Lipinski definition) is 10. The van der Waals surface area contributed by atoms with E-state index in [1.807, 2.05) is 0 Å². The molecule has 0 saturated carbocycles. The molecule has 0 rings (SSSR count). The molecule has 2 N–H and O–H groups in total. The number of hydrogen-bond donors (Lipinski definition) is 2. The maximum Gasteiger partial charge on any atom is 0.472 e. The van der Waals surface area contributed by atoms with E-state index in [4.69, 9.17) is 23.3 Å². The Hall–Kier alpha value is -2.82. The predicted molar refractivity (Wildman–Crippen MR) is 298 cm³/mol. The van der Waals surface area contributed by atoms with Crippen LogP contribution in [0.1, 0.15) is 265 Å². The molecule has 0 aromatic carbocycles. The van der Waals surface area contributed by atoms with E-state index in [2.05, 4.69) is 81.5 Å². The zero-order chi connectivity index (χ0) is 52.7. The fourth-order valence-corrected chi connectivity index (χ4v) is 8.67. The van der Waals surface area contributed by atoms with Crippen LogP contribution in [0.3, 0.4) is 0 Å². The van der Waals surface area contributed by atoms with Crippen LogP contribution in [0.25, 0.3) is 0 Å². The van der Waals surface area contributed by atoms with Gasteiger partial charge in [0.2, 0.25) is 0 Å². The first-order valence-electron chi connectivity index (χ1n) is 29.2. The number of phosphoric ester groups is 1. The number of phosphoric acid groups is 1. The molecule has 0 bridgehead atoms. The molecule has 0 heterocycles. The van der Waals surface area contributed by atoms with Crippen molar-refractivity contribution in [2.75, 3.05) is 26.4 Å². The molecule has 0 spiro atoms. The molecule has 0 aromatic rings. The molecule has 0 aliphatic rings. The number of aliphatic hydroxyl groups is 1. The summed E-state index contributed by atoms with van der Waals surface area (Å²) in [7, 11) is -4.76. The first-order valence-corrected chi connectivity index (χ1v) is 30.7. The topological polar surface area (TPSA) is 155 Å². The summed E-state index contributed by atoms with van der Waals surface area (Å²) in [6.07, 6.45) is 58.8. The van der Waals surface area contributed by atoms with E-state index in [-0.39, 0.29) is 25.9 Å². The van der Waals surface area contributed by atoms with Gasteiger partial charge in [0, 0.05) is 19.3 Å². The summed E-state index contributed by atoms with van der Waals surface area (Å²) in [4.78, 5) is 48.5. The van der Waals surface area contributed by atoms with E-state index < -0.39 is 57.8 Å². The Morgan fingerprint density at radius 3 is 1.07 bits per heavy atom. The lowest BCUT2D eigenvalue weighted by atomic mass is 10.1. The smallest absolute Gasteiger partial charge is 0.462 e. The molecule has 11 nitrogen and oxygen atoms in total. The van der Waals surface area contributed by atoms with Gasteiger partial charge >= 0.3 is 25.7 Å². The Morgan fingerprint density at radius 1 is 0.389 bits per heavy atom. The quantitative estimate of drug-likeness (QED) is 0.0197. The van der Waals surface area contributed by atoms with Gasteiger partial charge in [0.15, 0.2) is 6.10 Å². The molecule has 12 heteroatoms. The van der Waals surface area contributed by atoms with E-state index in [1.165, 1.54) is 77.0 Å². The highest BCUT2D eigenvalue weighted by Crippen LogP contribution is 2.43. The zero-order valence-corrected chi connectivity index (χ0v) is 47.0. The maximum atomic E-state index is 12.9. The molecule has 3 unspecified atom stereocenters. The molecule has 418 valence electrons. The number of rotatable bonds is 54. The van der Waals surface area contributed by atoms with Crippen LogP contribution in [0, 0.1) is 0 Å². The van der Waals surface area contributed by atoms with Crippen LogP contribution in [0.15, 0.2) is 60.8 Å². The van der Waals surface area contributed by atoms with Crippen molar-refractivity contribution in [2.24, 2.45) is 0 Å². The van der Waals surface area contributed by atoms with Gasteiger partial charge in [-0.15, -0.1) is 0 Å². The number of unbranched alkanes of at least 4 members (excludes halogenated alkanes) is 27. The molecule has 0 saturated heterocycles. The van der Waals surface area contributed by atoms with Gasteiger partial charge in [-0.1, -0.05) is 197 Å². The molecular weight excluding hydrogens is 928 g/mol. The van der Waals surface area contributed by atoms with Gasteiger partial charge in [-0.3, -0.25) is 23.4 Å². The second-order valence-electron chi connectivity index (χ2n) is 19.4. The number of carbonyl (C=O) groups is 3. The Balaban J connectivity index is 4.75. The fourth-order valence-electron chi connectivity index (χ4n) is 7.88. The second-order valence-corrected chi connectivity index (χ2v) is 20.9. The van der Waals surface area contributed by atoms with Gasteiger partial charge in [-0.2, -0.15) is 0 Å². The summed E-state index contributed by atoms with van der Waals surface area (Å²) < 4.78 is 39.5. The van der Waals surface area contributed by atoms with E-state index in [9.17, 15) is 28.9 Å². The third-order valence-corrected chi connectivity index (χ3v) is 13.3. The summed E-state index contributed by atoms with van der Waals surface area (Å²) in [6.45, 7) is 4.56. The van der Waals surface area contributed by atoms with Crippen LogP contribution in [0.5, 0.6) is 0 Å². The molecule has 0 aliphatic heterocycles. The van der Waals surface area contributed by atoms with Crippen LogP contribution in [-0.4, -0.2) is 66.5 Å². The number of ether oxygens (including phenoxy) is 3. The van der Waals surface area contributed by atoms with Gasteiger partial charge < -0.3 is 24.2 Å². The van der Waals surface area contributed by atoms with Crippen molar-refractivity contribution in [3.05, 3.63) is 60.8 Å². The van der Waals surface area contributed by atoms with Gasteiger partial charge in [0.1, 0.15) is 12.7 Å². The van der Waals surface area contributed by atoms with E-state index in [1.54, 1.807) is 0 Å². The van der Waals surface area contributed by atoms with Gasteiger partial charge in [0.05, 0.1) is 19.8 Å². The maximum absolute atomic E-state index is 12.9. The molecule has 0 amide bonds. The lowest BCUT2D eigenvalue weighted by Crippen LogP contribution is -2.30. The molecule has 0 fully saturated rings. The minimum atomic E-state index is -4.76. The van der Waals surface area contributed by atoms with Crippen molar-refractivity contribution < 1.29 is 52.2 Å². The summed E-state index contributed by atoms with van der Waals surface area (Å²) >= 11 is 0. The average Bonchev–Trinajstić information content (AvgIpc) is 3.37. The lowest BCUT2D eigenvalue weighted by molar-refractivity contribution is -0.161. The lowest BCUT2D eigenvalue weighted by Gasteiger charge is -2.21. The van der Waals surface area contributed by atoms with Crippen molar-refractivity contribution in [2.45, 2.75) is 277 Å². The van der Waals surface area contributed by atoms with Crippen molar-refractivity contribution in [1.29, 1.82) is 0 Å². The van der Waals surface area contributed by atoms with Crippen molar-refractivity contribution in [1.82, 2.24) is 0 Å². The van der Waals surface area contributed by atoms with Crippen LogP contribution in [0.2, 0.25) is 0 Å². The molecule has 0 aromatic heterocycles. The number of allylic oxidation sites excluding steroid dienone is 10. The minimum Gasteiger partial charge on any atom is -0.462 e. The normalized spacial score (nSPS) is 13.8. The molecule has 72 heavy (non-hydrogen) atoms. The molecule has 0 radical (unpaired) electrons. The Labute approximate surface area is 440 Å². The standard InChI is InChI=1S/C60H107O11P/c1-4-7-10-13-16-19-22-25-28-31-34-37-40-43-46-49-58(62)67-53-57(71-60(64)51-48-45-42-39-36-33-30-27-24-21-18-15-12-9-6-3)55-69-72(65,66)68-54-56(52-61)70-59(63)50-47-44-41-38-35-32-29-26-23-20-17-14-11-8-5-2/h16,18-19,21,25-30,56-57,61H,4-15,17,20,22-24,31-55H2,1-3H3,(H,65,66)/b19-16-,21-18-,28-25-,29-26-,30-27-. The number of esters is 3. The van der Waals surface area contributed by atoms with Gasteiger partial charge in [-0.05, 0) is 109 Å². The van der Waals surface area contributed by atoms with E-state index in [0.29, 0.717) is 19.3 Å². The predicted octanol–water partition coefficient (Wildman–Crippen LogP) is 17.1. The number of carbonyl (C=O) groups excluding carboxylic acids is 3. The molecular formula is C60H107O11P. The van der Waals surface area contributed by atoms with Crippen LogP contribution in [-0.2, 0) is 42.2 Å². The summed E-state index contributed by atoms with van der Waals surface area (Å²) in [5, 5.41) is 9.81. The highest BCUT2D eigenvalue weighted by atomic mass is 31.2. The van der Waals surface area contributed by atoms with Crippen LogP contribution in [0.4, 0.5) is 0 Å². The zero-order valence-electron chi connectivity index (χ0n) is 46.1. The van der Waals surface area contributed by atoms with E-state index >= 15 is 0 Å². The van der Waals surface area contributed by atoms with Gasteiger partial charge in [0.25, 0.3) is 0 Å². The van der Waals surface area contributed by atoms with Gasteiger partial charge in [-0.25, -0.2) is 4.57 Å². The molecule has 0 aliphatic carbocycles. The summed E-state index contributed by atoms with van der Waals surface area (Å²) in [6, 6.07) is 0. The van der Waals surface area contributed by atoms with Crippen LogP contribution < -0.4 is 0 Å². The Kier molecular flexibility index (Phi) is 52.3. The first-order chi connectivity index (χ1) is 35.2. The third kappa shape index (κ3) is 52.1. The Morgan fingerprint density at radius 2 is 0.681 bits per heavy atom. The summed E-state index contributed by atoms with van der Waals surface area (Å²) in [5.74, 6) is -1.50. The fraction of sp³-hybridized carbons (Fsp3) is 0.783. The average molecular weight is 1040 g/mol. The minimum absolute atomic E-state index is 0.148. The van der Waals surface area contributed by atoms with Crippen LogP contribution >= 0.6 is 7.82 Å². The largest absolute Gasteiger partial charge is 0.472 e. The third-order valence-electron chi connectivity index (χ3n) is 12.4. The second kappa shape index (κ2) is 54.4. The molecule has 3 atom stereocenters. The first kappa shape index (κ1) is 69.2. The van der Waals surface area contributed by atoms with Crippen molar-refractivity contribution >= 4 is 25.7 Å². The highest BCUT2D eigenvalue weighted by Gasteiger charge is 2.28. The summed E-state index contributed by atoms with van der Waals surface area (Å²) in [5.41, 5.74) is 0. The monoisotopic (exact) mass is 1030 g/mol. The SMILES string of the molecule is CCCCC/C=C\C/C=C\CCCCCCCC(=O)OCC(COP(=O)(O)OCC(CO)OC(=O)CCCCCCC/C=C\CCCCCCCC)OC(=O)CCCCCCC/C=C\C/C=C\CCCCC. The van der Waals surface area contributed by atoms with Crippen molar-refractivity contribution in [3.8, 4) is 0 Å². The van der Waals surface area contributed by atoms with E-state index in [0.717, 1.165) is 128 Å².